The summed E-state index contributed by atoms with van der Waals surface area (Å²) in [6, 6.07) is 12.2. The number of amides is 1. The first-order valence-corrected chi connectivity index (χ1v) is 11.2. The zero-order valence-corrected chi connectivity index (χ0v) is 19.4. The van der Waals surface area contributed by atoms with E-state index in [1.807, 2.05) is 25.1 Å². The molecular weight excluding hydrogens is 459 g/mol. The highest BCUT2D eigenvalue weighted by Crippen LogP contribution is 2.60. The van der Waals surface area contributed by atoms with Gasteiger partial charge in [0.25, 0.3) is 0 Å². The van der Waals surface area contributed by atoms with Crippen molar-refractivity contribution < 1.29 is 14.3 Å². The molecule has 5 unspecified atom stereocenters. The predicted molar refractivity (Wildman–Crippen MR) is 122 cm³/mol. The fraction of sp³-hybridized carbons (Fsp3) is 0.391. The molecule has 1 saturated heterocycles. The first-order valence-electron chi connectivity index (χ1n) is 10.1. The Morgan fingerprint density at radius 3 is 2.39 bits per heavy atom. The number of nitrogens with one attached hydrogen (secondary N) is 1. The van der Waals surface area contributed by atoms with Crippen molar-refractivity contribution in [2.45, 2.75) is 43.2 Å². The molecule has 0 aromatic heterocycles. The van der Waals surface area contributed by atoms with Gasteiger partial charge in [0.2, 0.25) is 5.91 Å². The average Bonchev–Trinajstić information content (AvgIpc) is 2.94. The highest BCUT2D eigenvalue weighted by molar-refractivity contribution is 6.35. The summed E-state index contributed by atoms with van der Waals surface area (Å²) < 4.78 is 5.12. The minimum absolute atomic E-state index is 0.149. The van der Waals surface area contributed by atoms with Gasteiger partial charge in [-0.25, -0.2) is 0 Å². The van der Waals surface area contributed by atoms with Crippen LogP contribution in [0.15, 0.2) is 42.5 Å². The Balaban J connectivity index is 1.97. The van der Waals surface area contributed by atoms with Gasteiger partial charge in [0.1, 0.15) is 0 Å². The van der Waals surface area contributed by atoms with Crippen molar-refractivity contribution in [2.75, 3.05) is 7.11 Å². The Morgan fingerprint density at radius 1 is 1.13 bits per heavy atom. The van der Waals surface area contributed by atoms with E-state index in [2.05, 4.69) is 5.32 Å². The van der Waals surface area contributed by atoms with Crippen molar-refractivity contribution >= 4 is 46.7 Å². The van der Waals surface area contributed by atoms with Crippen LogP contribution >= 0.6 is 34.8 Å². The highest BCUT2D eigenvalue weighted by Gasteiger charge is 2.73. The number of carbonyl (C=O) groups is 2. The summed E-state index contributed by atoms with van der Waals surface area (Å²) >= 11 is 18.9. The molecule has 0 bridgehead atoms. The van der Waals surface area contributed by atoms with Crippen molar-refractivity contribution in [2.24, 2.45) is 11.1 Å². The van der Waals surface area contributed by atoms with Gasteiger partial charge in [-0.3, -0.25) is 9.59 Å². The van der Waals surface area contributed by atoms with Crippen LogP contribution in [0.5, 0.6) is 0 Å². The number of fused-ring (bicyclic) bond motifs is 1. The molecular formula is C23H23Cl3N2O3. The van der Waals surface area contributed by atoms with Crippen LogP contribution in [0.1, 0.15) is 42.7 Å². The molecule has 2 aromatic rings. The second kappa shape index (κ2) is 7.96. The highest BCUT2D eigenvalue weighted by atomic mass is 35.5. The lowest BCUT2D eigenvalue weighted by molar-refractivity contribution is -0.164. The van der Waals surface area contributed by atoms with Crippen LogP contribution in [0.25, 0.3) is 0 Å². The van der Waals surface area contributed by atoms with E-state index in [9.17, 15) is 9.59 Å². The van der Waals surface area contributed by atoms with E-state index in [4.69, 9.17) is 45.3 Å². The topological polar surface area (TPSA) is 81.4 Å². The first-order chi connectivity index (χ1) is 14.7. The minimum atomic E-state index is -1.50. The van der Waals surface area contributed by atoms with Gasteiger partial charge in [0.15, 0.2) is 5.41 Å². The maximum atomic E-state index is 13.2. The summed E-state index contributed by atoms with van der Waals surface area (Å²) in [4.78, 5) is 26.3. The SMILES string of the molecule is COC(=O)C12CCC(c3ccc(Cl)cc3Cl)C(c3ccc(Cl)cc3)C1(N)C(C)NC2=O. The number of hydrogen-bond donors (Lipinski definition) is 2. The molecule has 1 heterocycles. The Bertz CT molecular complexity index is 1030. The predicted octanol–water partition coefficient (Wildman–Crippen LogP) is 4.68. The Kier molecular flexibility index (Phi) is 5.76. The summed E-state index contributed by atoms with van der Waals surface area (Å²) in [5.41, 5.74) is 6.14. The van der Waals surface area contributed by atoms with Gasteiger partial charge >= 0.3 is 5.97 Å². The normalized spacial score (nSPS) is 32.3. The van der Waals surface area contributed by atoms with Crippen molar-refractivity contribution in [3.8, 4) is 0 Å². The van der Waals surface area contributed by atoms with Crippen LogP contribution in [-0.2, 0) is 14.3 Å². The lowest BCUT2D eigenvalue weighted by Gasteiger charge is -2.53. The molecule has 2 fully saturated rings. The van der Waals surface area contributed by atoms with Crippen LogP contribution in [0.3, 0.4) is 0 Å². The lowest BCUT2D eigenvalue weighted by Crippen LogP contribution is -2.68. The average molecular weight is 482 g/mol. The molecule has 164 valence electrons. The molecule has 1 saturated carbocycles. The maximum Gasteiger partial charge on any atom is 0.323 e. The van der Waals surface area contributed by atoms with Crippen LogP contribution in [-0.4, -0.2) is 30.6 Å². The van der Waals surface area contributed by atoms with E-state index in [1.165, 1.54) is 7.11 Å². The zero-order valence-electron chi connectivity index (χ0n) is 17.1. The molecule has 2 aliphatic rings. The van der Waals surface area contributed by atoms with Gasteiger partial charge < -0.3 is 15.8 Å². The summed E-state index contributed by atoms with van der Waals surface area (Å²) in [5, 5.41) is 4.56. The van der Waals surface area contributed by atoms with E-state index in [0.717, 1.165) is 11.1 Å². The quantitative estimate of drug-likeness (QED) is 0.492. The van der Waals surface area contributed by atoms with E-state index >= 15 is 0 Å². The third kappa shape index (κ3) is 3.17. The number of esters is 1. The molecule has 2 aromatic carbocycles. The molecule has 0 radical (unpaired) electrons. The van der Waals surface area contributed by atoms with Crippen molar-refractivity contribution in [1.29, 1.82) is 0 Å². The standard InChI is InChI=1S/C23H23Cl3N2O3/c1-12-23(27)19(13-3-5-14(24)6-4-13)17(16-8-7-15(25)11-18(16)26)9-10-22(23,20(29)28-12)21(30)31-2/h3-8,11-12,17,19H,9-10,27H2,1-2H3,(H,28,29). The van der Waals surface area contributed by atoms with Gasteiger partial charge in [0.05, 0.1) is 12.6 Å². The molecule has 8 heteroatoms. The van der Waals surface area contributed by atoms with Gasteiger partial charge in [-0.2, -0.15) is 0 Å². The number of rotatable bonds is 3. The second-order valence-corrected chi connectivity index (χ2v) is 9.65. The molecule has 5 atom stereocenters. The minimum Gasteiger partial charge on any atom is -0.468 e. The smallest absolute Gasteiger partial charge is 0.323 e. The second-order valence-electron chi connectivity index (χ2n) is 8.37. The van der Waals surface area contributed by atoms with Gasteiger partial charge in [-0.15, -0.1) is 0 Å². The third-order valence-electron chi connectivity index (χ3n) is 7.06. The summed E-state index contributed by atoms with van der Waals surface area (Å²) in [5.74, 6) is -1.57. The third-order valence-corrected chi connectivity index (χ3v) is 7.88. The van der Waals surface area contributed by atoms with Crippen LogP contribution < -0.4 is 11.1 Å². The van der Waals surface area contributed by atoms with Crippen LogP contribution in [0.2, 0.25) is 15.1 Å². The van der Waals surface area contributed by atoms with Crippen LogP contribution in [0.4, 0.5) is 0 Å². The monoisotopic (exact) mass is 480 g/mol. The Labute approximate surface area is 196 Å². The molecule has 5 nitrogen and oxygen atoms in total. The van der Waals surface area contributed by atoms with Crippen molar-refractivity contribution in [1.82, 2.24) is 5.32 Å². The Morgan fingerprint density at radius 2 is 1.77 bits per heavy atom. The molecule has 1 aliphatic carbocycles. The summed E-state index contributed by atoms with van der Waals surface area (Å²) in [6.07, 6.45) is 0.767. The van der Waals surface area contributed by atoms with Crippen LogP contribution in [0, 0.1) is 5.41 Å². The molecule has 1 aliphatic heterocycles. The van der Waals surface area contributed by atoms with Gasteiger partial charge in [0, 0.05) is 27.0 Å². The van der Waals surface area contributed by atoms with Gasteiger partial charge in [-0.1, -0.05) is 53.0 Å². The van der Waals surface area contributed by atoms with E-state index in [-0.39, 0.29) is 12.3 Å². The Hall–Kier alpha value is -1.79. The fourth-order valence-corrected chi connectivity index (χ4v) is 6.28. The van der Waals surface area contributed by atoms with Crippen molar-refractivity contribution in [3.63, 3.8) is 0 Å². The molecule has 4 rings (SSSR count). The molecule has 3 N–H and O–H groups in total. The zero-order chi connectivity index (χ0) is 22.6. The molecule has 31 heavy (non-hydrogen) atoms. The van der Waals surface area contributed by atoms with E-state index in [1.54, 1.807) is 24.3 Å². The van der Waals surface area contributed by atoms with Gasteiger partial charge in [-0.05, 0) is 61.1 Å². The number of methoxy groups -OCH3 is 1. The summed E-state index contributed by atoms with van der Waals surface area (Å²) in [6.45, 7) is 1.83. The summed E-state index contributed by atoms with van der Waals surface area (Å²) in [7, 11) is 1.28. The first kappa shape index (κ1) is 22.4. The number of ether oxygens (including phenoxy) is 1. The van der Waals surface area contributed by atoms with Crippen molar-refractivity contribution in [3.05, 3.63) is 68.7 Å². The molecule has 0 spiro atoms. The van der Waals surface area contributed by atoms with E-state index < -0.39 is 34.8 Å². The number of hydrogen-bond acceptors (Lipinski definition) is 4. The maximum absolute atomic E-state index is 13.2. The number of halogens is 3. The van der Waals surface area contributed by atoms with E-state index in [0.29, 0.717) is 21.5 Å². The number of nitrogens with two attached hydrogens (primary N) is 1. The lowest BCUT2D eigenvalue weighted by atomic mass is 9.50. The number of carbonyl (C=O) groups excluding carboxylic acids is 2. The fourth-order valence-electron chi connectivity index (χ4n) is 5.60. The largest absolute Gasteiger partial charge is 0.468 e. The molecule has 1 amide bonds. The number of benzene rings is 2.